The van der Waals surface area contributed by atoms with Crippen molar-refractivity contribution in [3.63, 3.8) is 0 Å². The third kappa shape index (κ3) is 3.95. The highest BCUT2D eigenvalue weighted by molar-refractivity contribution is 5.43. The zero-order valence-electron chi connectivity index (χ0n) is 13.5. The lowest BCUT2D eigenvalue weighted by Crippen LogP contribution is -2.21. The van der Waals surface area contributed by atoms with Crippen LogP contribution < -0.4 is 4.90 Å². The molecule has 0 amide bonds. The van der Waals surface area contributed by atoms with E-state index in [-0.39, 0.29) is 0 Å². The van der Waals surface area contributed by atoms with Gasteiger partial charge in [-0.3, -0.25) is 0 Å². The summed E-state index contributed by atoms with van der Waals surface area (Å²) in [5.41, 5.74) is 2.57. The van der Waals surface area contributed by atoms with E-state index < -0.39 is 0 Å². The van der Waals surface area contributed by atoms with E-state index in [1.165, 1.54) is 43.0 Å². The van der Waals surface area contributed by atoms with Crippen LogP contribution in [0.15, 0.2) is 12.1 Å². The third-order valence-corrected chi connectivity index (χ3v) is 3.92. The second-order valence-electron chi connectivity index (χ2n) is 5.51. The van der Waals surface area contributed by atoms with Crippen LogP contribution in [0.1, 0.15) is 64.6 Å². The summed E-state index contributed by atoms with van der Waals surface area (Å²) < 4.78 is 0. The Balaban J connectivity index is 0.000000861. The summed E-state index contributed by atoms with van der Waals surface area (Å²) in [6.45, 7) is 15.2. The molecule has 1 unspecified atom stereocenters. The number of pyridine rings is 1. The molecule has 2 heterocycles. The van der Waals surface area contributed by atoms with Gasteiger partial charge in [0.1, 0.15) is 5.82 Å². The first kappa shape index (κ1) is 16.0. The van der Waals surface area contributed by atoms with Crippen molar-refractivity contribution in [2.24, 2.45) is 5.92 Å². The van der Waals surface area contributed by atoms with Crippen LogP contribution in [-0.2, 0) is 0 Å². The number of nitrogens with zero attached hydrogens (tertiary/aromatic N) is 2. The van der Waals surface area contributed by atoms with E-state index in [0.717, 1.165) is 5.92 Å². The van der Waals surface area contributed by atoms with E-state index in [1.54, 1.807) is 0 Å². The van der Waals surface area contributed by atoms with Gasteiger partial charge in [0.15, 0.2) is 0 Å². The molecule has 0 aliphatic carbocycles. The Hall–Kier alpha value is -1.05. The van der Waals surface area contributed by atoms with Gasteiger partial charge in [-0.2, -0.15) is 0 Å². The number of hydrogen-bond acceptors (Lipinski definition) is 2. The normalized spacial score (nSPS) is 18.5. The maximum absolute atomic E-state index is 4.77. The summed E-state index contributed by atoms with van der Waals surface area (Å²) in [5, 5.41) is 0. The Kier molecular flexibility index (Phi) is 6.33. The summed E-state index contributed by atoms with van der Waals surface area (Å²) in [6.07, 6.45) is 2.61. The van der Waals surface area contributed by atoms with Crippen molar-refractivity contribution in [1.29, 1.82) is 0 Å². The largest absolute Gasteiger partial charge is 0.356 e. The van der Waals surface area contributed by atoms with Gasteiger partial charge in [0.05, 0.1) is 0 Å². The number of rotatable bonds is 3. The molecule has 1 aliphatic heterocycles. The van der Waals surface area contributed by atoms with Gasteiger partial charge < -0.3 is 4.90 Å². The van der Waals surface area contributed by atoms with Crippen molar-refractivity contribution in [3.05, 3.63) is 23.4 Å². The number of aryl methyl sites for hydroxylation is 1. The minimum atomic E-state index is 0.568. The Morgan fingerprint density at radius 3 is 2.47 bits per heavy atom. The molecule has 0 N–H and O–H groups in total. The van der Waals surface area contributed by atoms with Crippen LogP contribution in [-0.4, -0.2) is 18.1 Å². The molecule has 19 heavy (non-hydrogen) atoms. The second-order valence-corrected chi connectivity index (χ2v) is 5.51. The molecule has 1 aromatic heterocycles. The van der Waals surface area contributed by atoms with E-state index in [1.807, 2.05) is 13.8 Å². The van der Waals surface area contributed by atoms with E-state index in [9.17, 15) is 0 Å². The summed E-state index contributed by atoms with van der Waals surface area (Å²) in [4.78, 5) is 7.21. The van der Waals surface area contributed by atoms with Gasteiger partial charge in [0.2, 0.25) is 0 Å². The molecule has 2 heteroatoms. The van der Waals surface area contributed by atoms with E-state index >= 15 is 0 Å². The highest BCUT2D eigenvalue weighted by Crippen LogP contribution is 2.26. The molecule has 1 aliphatic rings. The fraction of sp³-hybridized carbons (Fsp3) is 0.706. The van der Waals surface area contributed by atoms with Crippen molar-refractivity contribution < 1.29 is 0 Å². The standard InChI is InChI=1S/C15H24N2.C2H6/c1-5-13-8-9-17(10-13)15-7-6-14(11(2)3)12(4)16-15;1-2/h6-7,11,13H,5,8-10H2,1-4H3;1-2H3. The highest BCUT2D eigenvalue weighted by Gasteiger charge is 2.22. The van der Waals surface area contributed by atoms with Crippen molar-refractivity contribution in [2.75, 3.05) is 18.0 Å². The van der Waals surface area contributed by atoms with Gasteiger partial charge in [0, 0.05) is 18.8 Å². The summed E-state index contributed by atoms with van der Waals surface area (Å²) in [5.74, 6) is 2.60. The first-order chi connectivity index (χ1) is 9.11. The Bertz CT molecular complexity index is 385. The number of anilines is 1. The Morgan fingerprint density at radius 2 is 2.00 bits per heavy atom. The molecule has 0 bridgehead atoms. The zero-order chi connectivity index (χ0) is 14.4. The van der Waals surface area contributed by atoms with Gasteiger partial charge in [-0.1, -0.05) is 47.1 Å². The first-order valence-corrected chi connectivity index (χ1v) is 7.84. The van der Waals surface area contributed by atoms with Crippen LogP contribution in [0.4, 0.5) is 5.82 Å². The van der Waals surface area contributed by atoms with Crippen LogP contribution >= 0.6 is 0 Å². The fourth-order valence-electron chi connectivity index (χ4n) is 2.72. The molecule has 1 saturated heterocycles. The van der Waals surface area contributed by atoms with Crippen LogP contribution in [0.3, 0.4) is 0 Å². The lowest BCUT2D eigenvalue weighted by molar-refractivity contribution is 0.568. The lowest BCUT2D eigenvalue weighted by atomic mass is 10.0. The van der Waals surface area contributed by atoms with Gasteiger partial charge in [-0.25, -0.2) is 4.98 Å². The van der Waals surface area contributed by atoms with Crippen molar-refractivity contribution in [1.82, 2.24) is 4.98 Å². The number of hydrogen-bond donors (Lipinski definition) is 0. The fourth-order valence-corrected chi connectivity index (χ4v) is 2.72. The van der Waals surface area contributed by atoms with Crippen LogP contribution in [0, 0.1) is 12.8 Å². The smallest absolute Gasteiger partial charge is 0.128 e. The SMILES string of the molecule is CC.CCC1CCN(c2ccc(C(C)C)c(C)n2)C1. The topological polar surface area (TPSA) is 16.1 Å². The molecule has 108 valence electrons. The molecule has 1 atom stereocenters. The molecule has 2 nitrogen and oxygen atoms in total. The maximum Gasteiger partial charge on any atom is 0.128 e. The monoisotopic (exact) mass is 262 g/mol. The molecular weight excluding hydrogens is 232 g/mol. The first-order valence-electron chi connectivity index (χ1n) is 7.84. The molecular formula is C17H30N2. The Labute approximate surface area is 119 Å². The van der Waals surface area contributed by atoms with Gasteiger partial charge in [-0.05, 0) is 36.8 Å². The predicted octanol–water partition coefficient (Wildman–Crippen LogP) is 4.78. The van der Waals surface area contributed by atoms with Gasteiger partial charge in [-0.15, -0.1) is 0 Å². The average molecular weight is 262 g/mol. The quantitative estimate of drug-likeness (QED) is 0.779. The van der Waals surface area contributed by atoms with E-state index in [4.69, 9.17) is 4.98 Å². The van der Waals surface area contributed by atoms with E-state index in [0.29, 0.717) is 5.92 Å². The molecule has 0 spiro atoms. The summed E-state index contributed by atoms with van der Waals surface area (Å²) in [7, 11) is 0. The highest BCUT2D eigenvalue weighted by atomic mass is 15.2. The third-order valence-electron chi connectivity index (χ3n) is 3.92. The zero-order valence-corrected chi connectivity index (χ0v) is 13.5. The van der Waals surface area contributed by atoms with Gasteiger partial charge >= 0.3 is 0 Å². The van der Waals surface area contributed by atoms with Crippen LogP contribution in [0.2, 0.25) is 0 Å². The minimum absolute atomic E-state index is 0.568. The van der Waals surface area contributed by atoms with Crippen molar-refractivity contribution in [3.8, 4) is 0 Å². The lowest BCUT2D eigenvalue weighted by Gasteiger charge is -2.19. The Morgan fingerprint density at radius 1 is 1.32 bits per heavy atom. The van der Waals surface area contributed by atoms with Crippen molar-refractivity contribution >= 4 is 5.82 Å². The summed E-state index contributed by atoms with van der Waals surface area (Å²) in [6, 6.07) is 4.45. The van der Waals surface area contributed by atoms with Crippen LogP contribution in [0.5, 0.6) is 0 Å². The minimum Gasteiger partial charge on any atom is -0.356 e. The predicted molar refractivity (Wildman–Crippen MR) is 85.0 cm³/mol. The van der Waals surface area contributed by atoms with E-state index in [2.05, 4.69) is 44.7 Å². The molecule has 0 radical (unpaired) electrons. The summed E-state index contributed by atoms with van der Waals surface area (Å²) >= 11 is 0. The molecule has 0 aromatic carbocycles. The second kappa shape index (κ2) is 7.52. The maximum atomic E-state index is 4.77. The molecule has 2 rings (SSSR count). The molecule has 1 aromatic rings. The molecule has 1 fully saturated rings. The molecule has 0 saturated carbocycles. The van der Waals surface area contributed by atoms with Gasteiger partial charge in [0.25, 0.3) is 0 Å². The van der Waals surface area contributed by atoms with Crippen LogP contribution in [0.25, 0.3) is 0 Å². The average Bonchev–Trinajstić information content (AvgIpc) is 2.89. The van der Waals surface area contributed by atoms with Crippen molar-refractivity contribution in [2.45, 2.75) is 60.3 Å². The number of aromatic nitrogens is 1.